The molecule has 0 bridgehead atoms. The Hall–Kier alpha value is -2.93. The summed E-state index contributed by atoms with van der Waals surface area (Å²) in [6, 6.07) is 6.02. The molecule has 1 aromatic carbocycles. The first-order chi connectivity index (χ1) is 11.9. The SMILES string of the molecule is COCCN1C(=O)C(=Cc2ccc(C(=O)O)cc2)C(C(=O)OC)=C1C. The van der Waals surface area contributed by atoms with Gasteiger partial charge in [0.05, 0.1) is 30.4 Å². The quantitative estimate of drug-likeness (QED) is 0.623. The van der Waals surface area contributed by atoms with Gasteiger partial charge in [0.25, 0.3) is 5.91 Å². The number of hydrogen-bond donors (Lipinski definition) is 1. The fourth-order valence-corrected chi connectivity index (χ4v) is 2.57. The molecule has 0 radical (unpaired) electrons. The molecule has 1 amide bonds. The van der Waals surface area contributed by atoms with E-state index in [2.05, 4.69) is 0 Å². The van der Waals surface area contributed by atoms with Gasteiger partial charge >= 0.3 is 11.9 Å². The van der Waals surface area contributed by atoms with E-state index in [0.29, 0.717) is 24.4 Å². The molecule has 132 valence electrons. The van der Waals surface area contributed by atoms with Crippen molar-refractivity contribution in [3.8, 4) is 0 Å². The van der Waals surface area contributed by atoms with Crippen molar-refractivity contribution >= 4 is 23.9 Å². The van der Waals surface area contributed by atoms with E-state index >= 15 is 0 Å². The Morgan fingerprint density at radius 3 is 2.36 bits per heavy atom. The Labute approximate surface area is 145 Å². The van der Waals surface area contributed by atoms with Crippen LogP contribution in [0.4, 0.5) is 0 Å². The van der Waals surface area contributed by atoms with Crippen LogP contribution in [-0.4, -0.2) is 55.2 Å². The van der Waals surface area contributed by atoms with E-state index in [1.807, 2.05) is 0 Å². The van der Waals surface area contributed by atoms with Gasteiger partial charge < -0.3 is 19.5 Å². The van der Waals surface area contributed by atoms with Crippen molar-refractivity contribution in [2.45, 2.75) is 6.92 Å². The fourth-order valence-electron chi connectivity index (χ4n) is 2.57. The Morgan fingerprint density at radius 2 is 1.84 bits per heavy atom. The monoisotopic (exact) mass is 345 g/mol. The molecule has 7 nitrogen and oxygen atoms in total. The molecule has 1 aliphatic rings. The number of carboxylic acids is 1. The van der Waals surface area contributed by atoms with Crippen molar-refractivity contribution in [2.24, 2.45) is 0 Å². The third kappa shape index (κ3) is 3.77. The summed E-state index contributed by atoms with van der Waals surface area (Å²) in [6.07, 6.45) is 1.55. The first kappa shape index (κ1) is 18.4. The number of methoxy groups -OCH3 is 2. The van der Waals surface area contributed by atoms with Crippen molar-refractivity contribution in [2.75, 3.05) is 27.4 Å². The number of hydrogen-bond acceptors (Lipinski definition) is 5. The lowest BCUT2D eigenvalue weighted by molar-refractivity contribution is -0.136. The lowest BCUT2D eigenvalue weighted by Crippen LogP contribution is -2.28. The van der Waals surface area contributed by atoms with Gasteiger partial charge in [-0.2, -0.15) is 0 Å². The highest BCUT2D eigenvalue weighted by molar-refractivity contribution is 6.16. The molecular weight excluding hydrogens is 326 g/mol. The Kier molecular flexibility index (Phi) is 5.71. The highest BCUT2D eigenvalue weighted by Crippen LogP contribution is 2.31. The molecule has 0 aromatic heterocycles. The van der Waals surface area contributed by atoms with Crippen LogP contribution in [0.2, 0.25) is 0 Å². The lowest BCUT2D eigenvalue weighted by Gasteiger charge is -2.16. The van der Waals surface area contributed by atoms with Crippen molar-refractivity contribution in [3.63, 3.8) is 0 Å². The number of carbonyl (C=O) groups excluding carboxylic acids is 2. The minimum atomic E-state index is -1.03. The minimum absolute atomic E-state index is 0.140. The highest BCUT2D eigenvalue weighted by Gasteiger charge is 2.36. The molecule has 0 unspecified atom stereocenters. The molecule has 2 rings (SSSR count). The molecular formula is C18H19NO6. The molecule has 1 aliphatic heterocycles. The number of carboxylic acid groups (broad SMARTS) is 1. The van der Waals surface area contributed by atoms with E-state index in [-0.39, 0.29) is 22.6 Å². The summed E-state index contributed by atoms with van der Waals surface area (Å²) in [5.74, 6) is -1.95. The van der Waals surface area contributed by atoms with Crippen molar-refractivity contribution in [1.82, 2.24) is 4.90 Å². The highest BCUT2D eigenvalue weighted by atomic mass is 16.5. The maximum Gasteiger partial charge on any atom is 0.340 e. The molecule has 7 heteroatoms. The van der Waals surface area contributed by atoms with Crippen molar-refractivity contribution < 1.29 is 29.0 Å². The molecule has 0 aliphatic carbocycles. The van der Waals surface area contributed by atoms with Gasteiger partial charge in [-0.3, -0.25) is 4.79 Å². The third-order valence-corrected chi connectivity index (χ3v) is 3.89. The molecule has 0 atom stereocenters. The summed E-state index contributed by atoms with van der Waals surface area (Å²) in [7, 11) is 2.78. The summed E-state index contributed by atoms with van der Waals surface area (Å²) in [6.45, 7) is 2.32. The van der Waals surface area contributed by atoms with E-state index in [1.54, 1.807) is 25.1 Å². The van der Waals surface area contributed by atoms with E-state index in [9.17, 15) is 14.4 Å². The first-order valence-corrected chi connectivity index (χ1v) is 7.56. The van der Waals surface area contributed by atoms with Crippen LogP contribution < -0.4 is 0 Å². The molecule has 0 saturated heterocycles. The van der Waals surface area contributed by atoms with Gasteiger partial charge in [0, 0.05) is 19.4 Å². The smallest absolute Gasteiger partial charge is 0.340 e. The number of benzene rings is 1. The van der Waals surface area contributed by atoms with E-state index in [4.69, 9.17) is 14.6 Å². The van der Waals surface area contributed by atoms with Gasteiger partial charge in [0.15, 0.2) is 0 Å². The maximum atomic E-state index is 12.7. The van der Waals surface area contributed by atoms with E-state index in [0.717, 1.165) is 0 Å². The average Bonchev–Trinajstić information content (AvgIpc) is 2.83. The number of nitrogens with zero attached hydrogens (tertiary/aromatic N) is 1. The van der Waals surface area contributed by atoms with Gasteiger partial charge in [-0.1, -0.05) is 12.1 Å². The van der Waals surface area contributed by atoms with Crippen LogP contribution >= 0.6 is 0 Å². The van der Waals surface area contributed by atoms with Crippen LogP contribution in [0.3, 0.4) is 0 Å². The maximum absolute atomic E-state index is 12.7. The zero-order valence-electron chi connectivity index (χ0n) is 14.2. The molecule has 0 spiro atoms. The van der Waals surface area contributed by atoms with Gasteiger partial charge in [0.2, 0.25) is 0 Å². The van der Waals surface area contributed by atoms with Crippen LogP contribution in [0.15, 0.2) is 41.1 Å². The van der Waals surface area contributed by atoms with E-state index in [1.165, 1.54) is 31.3 Å². The Morgan fingerprint density at radius 1 is 1.20 bits per heavy atom. The first-order valence-electron chi connectivity index (χ1n) is 7.56. The lowest BCUT2D eigenvalue weighted by atomic mass is 10.0. The van der Waals surface area contributed by atoms with Gasteiger partial charge in [-0.05, 0) is 30.7 Å². The van der Waals surface area contributed by atoms with Gasteiger partial charge in [-0.25, -0.2) is 9.59 Å². The normalized spacial score (nSPS) is 15.9. The van der Waals surface area contributed by atoms with Gasteiger partial charge in [-0.15, -0.1) is 0 Å². The van der Waals surface area contributed by atoms with Crippen molar-refractivity contribution in [1.29, 1.82) is 0 Å². The van der Waals surface area contributed by atoms with Crippen LogP contribution in [0.5, 0.6) is 0 Å². The van der Waals surface area contributed by atoms with E-state index < -0.39 is 11.9 Å². The number of carbonyl (C=O) groups is 3. The molecule has 0 saturated carbocycles. The molecule has 1 aromatic rings. The summed E-state index contributed by atoms with van der Waals surface area (Å²) in [5.41, 5.74) is 1.66. The number of esters is 1. The van der Waals surface area contributed by atoms with Crippen LogP contribution in [0.1, 0.15) is 22.8 Å². The van der Waals surface area contributed by atoms with Crippen LogP contribution in [0.25, 0.3) is 6.08 Å². The number of ether oxygens (including phenoxy) is 2. The molecule has 1 N–H and O–H groups in total. The molecule has 1 heterocycles. The van der Waals surface area contributed by atoms with Crippen LogP contribution in [-0.2, 0) is 19.1 Å². The Balaban J connectivity index is 2.44. The zero-order valence-corrected chi connectivity index (χ0v) is 14.2. The predicted octanol–water partition coefficient (Wildman–Crippen LogP) is 1.70. The summed E-state index contributed by atoms with van der Waals surface area (Å²) in [4.78, 5) is 37.2. The zero-order chi connectivity index (χ0) is 18.6. The second-order valence-electron chi connectivity index (χ2n) is 5.39. The minimum Gasteiger partial charge on any atom is -0.478 e. The number of rotatable bonds is 6. The second kappa shape index (κ2) is 7.76. The standard InChI is InChI=1S/C18H19NO6/c1-11-15(18(23)25-3)14(16(20)19(11)8-9-24-2)10-12-4-6-13(7-5-12)17(21)22/h4-7,10H,8-9H2,1-3H3,(H,21,22). The topological polar surface area (TPSA) is 93.1 Å². The number of amides is 1. The molecule has 25 heavy (non-hydrogen) atoms. The largest absolute Gasteiger partial charge is 0.478 e. The van der Waals surface area contributed by atoms with Crippen molar-refractivity contribution in [3.05, 3.63) is 52.2 Å². The van der Waals surface area contributed by atoms with Gasteiger partial charge in [0.1, 0.15) is 0 Å². The summed E-state index contributed by atoms with van der Waals surface area (Å²) >= 11 is 0. The fraction of sp³-hybridized carbons (Fsp3) is 0.278. The summed E-state index contributed by atoms with van der Waals surface area (Å²) in [5, 5.41) is 8.94. The average molecular weight is 345 g/mol. The summed E-state index contributed by atoms with van der Waals surface area (Å²) < 4.78 is 9.80. The third-order valence-electron chi connectivity index (χ3n) is 3.89. The number of aromatic carboxylic acids is 1. The predicted molar refractivity (Wildman–Crippen MR) is 89.7 cm³/mol. The van der Waals surface area contributed by atoms with Crippen LogP contribution in [0, 0.1) is 0 Å². The Bertz CT molecular complexity index is 760. The number of allylic oxidation sites excluding steroid dienone is 1. The molecule has 0 fully saturated rings. The second-order valence-corrected chi connectivity index (χ2v) is 5.39.